The van der Waals surface area contributed by atoms with Crippen LogP contribution < -0.4 is 16.6 Å². The molecule has 0 fully saturated rings. The first kappa shape index (κ1) is 9.67. The van der Waals surface area contributed by atoms with E-state index < -0.39 is 0 Å². The predicted molar refractivity (Wildman–Crippen MR) is 53.2 cm³/mol. The van der Waals surface area contributed by atoms with Gasteiger partial charge in [0.15, 0.2) is 0 Å². The first-order chi connectivity index (χ1) is 5.83. The van der Waals surface area contributed by atoms with Crippen LogP contribution in [0.1, 0.15) is 5.56 Å². The second-order valence-corrected chi connectivity index (χ2v) is 3.35. The first-order valence-electron chi connectivity index (χ1n) is 3.71. The molecule has 0 aromatic heterocycles. The maximum absolute atomic E-state index is 5.10. The van der Waals surface area contributed by atoms with Crippen molar-refractivity contribution >= 4 is 15.9 Å². The number of rotatable bonds is 4. The number of hydrogen-bond donors (Lipinski definition) is 3. The summed E-state index contributed by atoms with van der Waals surface area (Å²) in [5.41, 5.74) is 3.77. The van der Waals surface area contributed by atoms with E-state index in [2.05, 4.69) is 38.8 Å². The molecule has 0 atom stereocenters. The molecule has 4 heteroatoms. The maximum Gasteiger partial charge on any atom is 0.0590 e. The Kier molecular flexibility index (Phi) is 4.24. The lowest BCUT2D eigenvalue weighted by atomic mass is 10.2. The molecule has 0 aliphatic rings. The maximum atomic E-state index is 5.10. The Morgan fingerprint density at radius 3 is 2.50 bits per heavy atom. The highest BCUT2D eigenvalue weighted by Crippen LogP contribution is 2.09. The molecule has 1 rings (SSSR count). The highest BCUT2D eigenvalue weighted by atomic mass is 79.9. The average molecular weight is 230 g/mol. The van der Waals surface area contributed by atoms with Gasteiger partial charge in [-0.1, -0.05) is 28.1 Å². The second kappa shape index (κ2) is 5.27. The number of hydrogen-bond acceptors (Lipinski definition) is 3. The van der Waals surface area contributed by atoms with E-state index in [9.17, 15) is 0 Å². The van der Waals surface area contributed by atoms with Gasteiger partial charge in [-0.3, -0.25) is 11.2 Å². The molecule has 1 aromatic carbocycles. The summed E-state index contributed by atoms with van der Waals surface area (Å²) in [5, 5.41) is 3.12. The summed E-state index contributed by atoms with van der Waals surface area (Å²) in [6, 6.07) is 8.17. The highest BCUT2D eigenvalue weighted by Gasteiger charge is 1.90. The largest absolute Gasteiger partial charge is 0.299 e. The summed E-state index contributed by atoms with van der Waals surface area (Å²) in [6.45, 7) is 1.45. The van der Waals surface area contributed by atoms with Crippen LogP contribution in [-0.2, 0) is 6.54 Å². The Bertz CT molecular complexity index is 222. The quantitative estimate of drug-likeness (QED) is 0.312. The number of nitrogens with one attached hydrogen (secondary N) is 2. The van der Waals surface area contributed by atoms with Crippen LogP contribution in [0.5, 0.6) is 0 Å². The van der Waals surface area contributed by atoms with Gasteiger partial charge < -0.3 is 0 Å². The Balaban J connectivity index is 2.37. The molecule has 4 N–H and O–H groups in total. The number of nitrogens with two attached hydrogens (primary N) is 1. The monoisotopic (exact) mass is 229 g/mol. The molecule has 66 valence electrons. The van der Waals surface area contributed by atoms with E-state index in [-0.39, 0.29) is 0 Å². The summed E-state index contributed by atoms with van der Waals surface area (Å²) >= 11 is 3.37. The van der Waals surface area contributed by atoms with Crippen molar-refractivity contribution in [3.05, 3.63) is 34.3 Å². The zero-order chi connectivity index (χ0) is 8.81. The average Bonchev–Trinajstić information content (AvgIpc) is 2.09. The molecule has 0 saturated carbocycles. The Morgan fingerprint density at radius 2 is 1.92 bits per heavy atom. The van der Waals surface area contributed by atoms with Crippen molar-refractivity contribution in [2.24, 2.45) is 5.84 Å². The van der Waals surface area contributed by atoms with Gasteiger partial charge in [-0.15, -0.1) is 0 Å². The van der Waals surface area contributed by atoms with Crippen molar-refractivity contribution in [1.82, 2.24) is 10.7 Å². The third kappa shape index (κ3) is 3.32. The van der Waals surface area contributed by atoms with E-state index in [1.807, 2.05) is 12.1 Å². The third-order valence-electron chi connectivity index (χ3n) is 1.47. The molecular formula is C8H12BrN3. The molecule has 0 heterocycles. The fourth-order valence-electron chi connectivity index (χ4n) is 0.881. The van der Waals surface area contributed by atoms with E-state index in [1.54, 1.807) is 0 Å². The van der Waals surface area contributed by atoms with Crippen molar-refractivity contribution in [2.75, 3.05) is 6.67 Å². The van der Waals surface area contributed by atoms with Gasteiger partial charge in [-0.2, -0.15) is 0 Å². The first-order valence-corrected chi connectivity index (χ1v) is 4.51. The van der Waals surface area contributed by atoms with Gasteiger partial charge in [-0.05, 0) is 17.7 Å². The van der Waals surface area contributed by atoms with Crippen LogP contribution in [-0.4, -0.2) is 6.67 Å². The summed E-state index contributed by atoms with van der Waals surface area (Å²) in [7, 11) is 0. The SMILES string of the molecule is NNCNCc1ccc(Br)cc1. The van der Waals surface area contributed by atoms with Gasteiger partial charge in [0.1, 0.15) is 0 Å². The fraction of sp³-hybridized carbons (Fsp3) is 0.250. The van der Waals surface area contributed by atoms with Crippen molar-refractivity contribution < 1.29 is 0 Å². The Hall–Kier alpha value is -0.420. The summed E-state index contributed by atoms with van der Waals surface area (Å²) in [6.07, 6.45) is 0. The predicted octanol–water partition coefficient (Wildman–Crippen LogP) is 0.960. The van der Waals surface area contributed by atoms with Crippen molar-refractivity contribution in [1.29, 1.82) is 0 Å². The molecule has 0 spiro atoms. The molecule has 12 heavy (non-hydrogen) atoms. The van der Waals surface area contributed by atoms with Crippen molar-refractivity contribution in [3.8, 4) is 0 Å². The molecule has 1 aromatic rings. The van der Waals surface area contributed by atoms with E-state index in [0.717, 1.165) is 11.0 Å². The van der Waals surface area contributed by atoms with Crippen LogP contribution in [0, 0.1) is 0 Å². The van der Waals surface area contributed by atoms with Gasteiger partial charge in [-0.25, -0.2) is 5.43 Å². The highest BCUT2D eigenvalue weighted by molar-refractivity contribution is 9.10. The lowest BCUT2D eigenvalue weighted by Crippen LogP contribution is -2.33. The number of benzene rings is 1. The van der Waals surface area contributed by atoms with Crippen LogP contribution in [0.2, 0.25) is 0 Å². The van der Waals surface area contributed by atoms with E-state index in [0.29, 0.717) is 6.67 Å². The fourth-order valence-corrected chi connectivity index (χ4v) is 1.15. The van der Waals surface area contributed by atoms with Crippen molar-refractivity contribution in [3.63, 3.8) is 0 Å². The summed E-state index contributed by atoms with van der Waals surface area (Å²) in [4.78, 5) is 0. The van der Waals surface area contributed by atoms with Gasteiger partial charge >= 0.3 is 0 Å². The third-order valence-corrected chi connectivity index (χ3v) is 2.00. The number of hydrazine groups is 1. The molecule has 0 bridgehead atoms. The minimum atomic E-state index is 0.621. The van der Waals surface area contributed by atoms with Gasteiger partial charge in [0, 0.05) is 11.0 Å². The smallest absolute Gasteiger partial charge is 0.0590 e. The van der Waals surface area contributed by atoms with Gasteiger partial charge in [0.2, 0.25) is 0 Å². The standard InChI is InChI=1S/C8H12BrN3/c9-8-3-1-7(2-4-8)5-11-6-12-10/h1-4,11-12H,5-6,10H2. The summed E-state index contributed by atoms with van der Waals surface area (Å²) in [5.74, 6) is 5.10. The normalized spacial score (nSPS) is 10.2. The zero-order valence-corrected chi connectivity index (χ0v) is 8.26. The molecule has 0 saturated heterocycles. The second-order valence-electron chi connectivity index (χ2n) is 2.43. The lowest BCUT2D eigenvalue weighted by Gasteiger charge is -2.03. The molecule has 0 amide bonds. The van der Waals surface area contributed by atoms with E-state index >= 15 is 0 Å². The van der Waals surface area contributed by atoms with Crippen LogP contribution >= 0.6 is 15.9 Å². The van der Waals surface area contributed by atoms with Crippen LogP contribution in [0.15, 0.2) is 28.7 Å². The lowest BCUT2D eigenvalue weighted by molar-refractivity contribution is 0.601. The minimum absolute atomic E-state index is 0.621. The molecule has 0 radical (unpaired) electrons. The van der Waals surface area contributed by atoms with Crippen LogP contribution in [0.4, 0.5) is 0 Å². The summed E-state index contributed by atoms with van der Waals surface area (Å²) < 4.78 is 1.10. The zero-order valence-electron chi connectivity index (χ0n) is 6.68. The van der Waals surface area contributed by atoms with E-state index in [4.69, 9.17) is 5.84 Å². The molecule has 3 nitrogen and oxygen atoms in total. The van der Waals surface area contributed by atoms with Gasteiger partial charge in [0.25, 0.3) is 0 Å². The molecular weight excluding hydrogens is 218 g/mol. The van der Waals surface area contributed by atoms with Crippen LogP contribution in [0.25, 0.3) is 0 Å². The van der Waals surface area contributed by atoms with E-state index in [1.165, 1.54) is 5.56 Å². The topological polar surface area (TPSA) is 50.1 Å². The molecule has 0 unspecified atom stereocenters. The Labute approximate surface area is 80.4 Å². The molecule has 0 aliphatic carbocycles. The van der Waals surface area contributed by atoms with Crippen LogP contribution in [0.3, 0.4) is 0 Å². The number of halogens is 1. The Morgan fingerprint density at radius 1 is 1.25 bits per heavy atom. The van der Waals surface area contributed by atoms with Gasteiger partial charge in [0.05, 0.1) is 6.67 Å². The molecule has 0 aliphatic heterocycles. The van der Waals surface area contributed by atoms with Crippen molar-refractivity contribution in [2.45, 2.75) is 6.54 Å². The minimum Gasteiger partial charge on any atom is -0.299 e.